The van der Waals surface area contributed by atoms with E-state index in [0.29, 0.717) is 29.9 Å². The summed E-state index contributed by atoms with van der Waals surface area (Å²) >= 11 is 1.56. The van der Waals surface area contributed by atoms with Crippen molar-refractivity contribution in [3.63, 3.8) is 0 Å². The average Bonchev–Trinajstić information content (AvgIpc) is 3.23. The molecule has 1 N–H and O–H groups in total. The number of allylic oxidation sites excluding steroid dienone is 1. The zero-order valence-electron chi connectivity index (χ0n) is 20.0. The Morgan fingerprint density at radius 3 is 2.65 bits per heavy atom. The summed E-state index contributed by atoms with van der Waals surface area (Å²) in [5.41, 5.74) is 4.49. The second kappa shape index (κ2) is 10.8. The monoisotopic (exact) mass is 478 g/mol. The molecule has 0 radical (unpaired) electrons. The quantitative estimate of drug-likeness (QED) is 0.320. The number of thioether (sulfide) groups is 1. The molecule has 1 unspecified atom stereocenters. The molecule has 0 amide bonds. The van der Waals surface area contributed by atoms with Crippen molar-refractivity contribution >= 4 is 23.7 Å². The van der Waals surface area contributed by atoms with E-state index < -0.39 is 6.04 Å². The second-order valence-corrected chi connectivity index (χ2v) is 9.38. The number of rotatable bonds is 9. The van der Waals surface area contributed by atoms with Gasteiger partial charge in [-0.2, -0.15) is 4.98 Å². The summed E-state index contributed by atoms with van der Waals surface area (Å²) in [6, 6.07) is 15.6. The Bertz CT molecular complexity index is 1190. The summed E-state index contributed by atoms with van der Waals surface area (Å²) in [5.74, 6) is 1.89. The van der Waals surface area contributed by atoms with Gasteiger partial charge in [-0.25, -0.2) is 9.48 Å². The minimum Gasteiger partial charge on any atom is -0.489 e. The van der Waals surface area contributed by atoms with Crippen LogP contribution in [0.3, 0.4) is 0 Å². The lowest BCUT2D eigenvalue weighted by molar-refractivity contribution is -0.139. The summed E-state index contributed by atoms with van der Waals surface area (Å²) in [6.45, 7) is 8.84. The lowest BCUT2D eigenvalue weighted by atomic mass is 9.96. The molecule has 178 valence electrons. The lowest BCUT2D eigenvalue weighted by Gasteiger charge is -2.28. The summed E-state index contributed by atoms with van der Waals surface area (Å²) in [5, 5.41) is 8.59. The van der Waals surface area contributed by atoms with Crippen molar-refractivity contribution in [1.82, 2.24) is 14.8 Å². The molecule has 0 bridgehead atoms. The maximum Gasteiger partial charge on any atom is 0.338 e. The Morgan fingerprint density at radius 1 is 1.15 bits per heavy atom. The number of esters is 1. The van der Waals surface area contributed by atoms with Gasteiger partial charge in [-0.15, -0.1) is 5.10 Å². The molecule has 1 aliphatic rings. The Morgan fingerprint density at radius 2 is 1.94 bits per heavy atom. The van der Waals surface area contributed by atoms with Gasteiger partial charge in [0.15, 0.2) is 0 Å². The van der Waals surface area contributed by atoms with Crippen molar-refractivity contribution < 1.29 is 14.3 Å². The number of fused-ring (bicyclic) bond motifs is 1. The van der Waals surface area contributed by atoms with Gasteiger partial charge in [-0.3, -0.25) is 0 Å². The van der Waals surface area contributed by atoms with E-state index in [4.69, 9.17) is 9.47 Å². The van der Waals surface area contributed by atoms with Crippen LogP contribution in [0.25, 0.3) is 0 Å². The third-order valence-electron chi connectivity index (χ3n) is 5.45. The van der Waals surface area contributed by atoms with E-state index in [-0.39, 0.29) is 5.97 Å². The number of hydrogen-bond acceptors (Lipinski definition) is 7. The van der Waals surface area contributed by atoms with Crippen molar-refractivity contribution in [3.05, 3.63) is 76.5 Å². The van der Waals surface area contributed by atoms with Crippen LogP contribution in [0, 0.1) is 6.92 Å². The number of benzene rings is 2. The molecule has 0 saturated carbocycles. The van der Waals surface area contributed by atoms with E-state index in [2.05, 4.69) is 47.4 Å². The zero-order valence-corrected chi connectivity index (χ0v) is 20.8. The fourth-order valence-electron chi connectivity index (χ4n) is 3.88. The van der Waals surface area contributed by atoms with Crippen molar-refractivity contribution in [3.8, 4) is 5.75 Å². The highest BCUT2D eigenvalue weighted by Gasteiger charge is 2.35. The van der Waals surface area contributed by atoms with Crippen LogP contribution in [0.15, 0.2) is 65.0 Å². The van der Waals surface area contributed by atoms with Gasteiger partial charge in [0.1, 0.15) is 18.4 Å². The molecule has 4 rings (SSSR count). The van der Waals surface area contributed by atoms with Gasteiger partial charge < -0.3 is 14.8 Å². The summed E-state index contributed by atoms with van der Waals surface area (Å²) in [4.78, 5) is 17.6. The first kappa shape index (κ1) is 23.9. The van der Waals surface area contributed by atoms with Crippen LogP contribution in [-0.2, 0) is 16.1 Å². The molecular weight excluding hydrogens is 448 g/mol. The Labute approximate surface area is 204 Å². The molecule has 2 aromatic carbocycles. The summed E-state index contributed by atoms with van der Waals surface area (Å²) in [7, 11) is 0. The smallest absolute Gasteiger partial charge is 0.338 e. The van der Waals surface area contributed by atoms with Crippen LogP contribution >= 0.6 is 11.8 Å². The van der Waals surface area contributed by atoms with Crippen LogP contribution in [0.1, 0.15) is 49.9 Å². The molecule has 2 heterocycles. The van der Waals surface area contributed by atoms with E-state index >= 15 is 0 Å². The Balaban J connectivity index is 1.62. The molecule has 3 aromatic rings. The molecule has 8 heteroatoms. The molecule has 0 saturated heterocycles. The van der Waals surface area contributed by atoms with E-state index in [1.165, 1.54) is 5.56 Å². The highest BCUT2D eigenvalue weighted by molar-refractivity contribution is 7.99. The lowest BCUT2D eigenvalue weighted by Crippen LogP contribution is -2.29. The third-order valence-corrected chi connectivity index (χ3v) is 6.17. The van der Waals surface area contributed by atoms with Crippen molar-refractivity contribution in [2.45, 2.75) is 51.9 Å². The first-order valence-electron chi connectivity index (χ1n) is 11.5. The first-order chi connectivity index (χ1) is 16.5. The molecule has 0 fully saturated rings. The highest BCUT2D eigenvalue weighted by Crippen LogP contribution is 2.37. The third kappa shape index (κ3) is 5.28. The minimum atomic E-state index is -0.440. The molecule has 7 nitrogen and oxygen atoms in total. The van der Waals surface area contributed by atoms with Gasteiger partial charge >= 0.3 is 5.97 Å². The van der Waals surface area contributed by atoms with Crippen LogP contribution in [-0.4, -0.2) is 33.1 Å². The zero-order chi connectivity index (χ0) is 24.1. The Kier molecular flexibility index (Phi) is 7.57. The van der Waals surface area contributed by atoms with Gasteiger partial charge in [0.25, 0.3) is 0 Å². The maximum atomic E-state index is 13.0. The molecular formula is C26H30N4O3S. The standard InChI is InChI=1S/C26H30N4O3S/c1-5-14-32-24(31)22-18(4)27-25-28-26(34-6-2)29-30(25)23(22)20-10-12-21(13-11-20)33-16-19-9-7-8-17(3)15-19/h7-13,15,23H,5-6,14,16H2,1-4H3,(H,27,28,29). The molecule has 0 spiro atoms. The van der Waals surface area contributed by atoms with Crippen LogP contribution in [0.2, 0.25) is 0 Å². The SMILES string of the molecule is CCCOC(=O)C1=C(C)Nc2nc(SCC)nn2C1c1ccc(OCc2cccc(C)c2)cc1. The van der Waals surface area contributed by atoms with E-state index in [1.54, 1.807) is 16.4 Å². The number of carbonyl (C=O) groups excluding carboxylic acids is 1. The van der Waals surface area contributed by atoms with Gasteiger partial charge in [-0.1, -0.05) is 67.6 Å². The molecule has 1 atom stereocenters. The van der Waals surface area contributed by atoms with Crippen LogP contribution in [0.4, 0.5) is 5.95 Å². The van der Waals surface area contributed by atoms with E-state index in [9.17, 15) is 4.79 Å². The number of aromatic nitrogens is 3. The number of anilines is 1. The Hall–Kier alpha value is -3.26. The predicted octanol–water partition coefficient (Wildman–Crippen LogP) is 5.52. The number of aryl methyl sites for hydroxylation is 1. The normalized spacial score (nSPS) is 15.0. The van der Waals surface area contributed by atoms with E-state index in [1.807, 2.05) is 44.2 Å². The number of hydrogen-bond donors (Lipinski definition) is 1. The van der Waals surface area contributed by atoms with Crippen LogP contribution in [0.5, 0.6) is 5.75 Å². The van der Waals surface area contributed by atoms with Crippen molar-refractivity contribution in [2.75, 3.05) is 17.7 Å². The van der Waals surface area contributed by atoms with Crippen molar-refractivity contribution in [1.29, 1.82) is 0 Å². The van der Waals surface area contributed by atoms with E-state index in [0.717, 1.165) is 34.7 Å². The van der Waals surface area contributed by atoms with Crippen LogP contribution < -0.4 is 10.1 Å². The second-order valence-electron chi connectivity index (χ2n) is 8.14. The largest absolute Gasteiger partial charge is 0.489 e. The molecule has 1 aromatic heterocycles. The first-order valence-corrected chi connectivity index (χ1v) is 12.5. The average molecular weight is 479 g/mol. The highest BCUT2D eigenvalue weighted by atomic mass is 32.2. The summed E-state index contributed by atoms with van der Waals surface area (Å²) < 4.78 is 13.3. The van der Waals surface area contributed by atoms with Gasteiger partial charge in [0.2, 0.25) is 11.1 Å². The molecule has 0 aliphatic carbocycles. The van der Waals surface area contributed by atoms with Gasteiger partial charge in [0, 0.05) is 5.70 Å². The van der Waals surface area contributed by atoms with Gasteiger partial charge in [0.05, 0.1) is 12.2 Å². The summed E-state index contributed by atoms with van der Waals surface area (Å²) in [6.07, 6.45) is 0.759. The molecule has 1 aliphatic heterocycles. The van der Waals surface area contributed by atoms with Crippen molar-refractivity contribution in [2.24, 2.45) is 0 Å². The van der Waals surface area contributed by atoms with Gasteiger partial charge in [-0.05, 0) is 49.3 Å². The number of ether oxygens (including phenoxy) is 2. The number of carbonyl (C=O) groups is 1. The topological polar surface area (TPSA) is 78.3 Å². The number of nitrogens with one attached hydrogen (secondary N) is 1. The fourth-order valence-corrected chi connectivity index (χ4v) is 4.44. The fraction of sp³-hybridized carbons (Fsp3) is 0.346. The maximum absolute atomic E-state index is 13.0. The number of nitrogens with zero attached hydrogens (tertiary/aromatic N) is 3. The molecule has 34 heavy (non-hydrogen) atoms. The predicted molar refractivity (Wildman–Crippen MR) is 134 cm³/mol. The minimum absolute atomic E-state index is 0.345.